The van der Waals surface area contributed by atoms with Crippen LogP contribution in [0.2, 0.25) is 5.02 Å². The zero-order chi connectivity index (χ0) is 13.6. The van der Waals surface area contributed by atoms with Gasteiger partial charge in [-0.05, 0) is 36.4 Å². The number of rotatable bonds is 1. The topological polar surface area (TPSA) is 43.8 Å². The van der Waals surface area contributed by atoms with Gasteiger partial charge in [-0.2, -0.15) is 0 Å². The third kappa shape index (κ3) is 2.19. The van der Waals surface area contributed by atoms with Gasteiger partial charge in [-0.25, -0.2) is 9.37 Å². The van der Waals surface area contributed by atoms with Gasteiger partial charge in [0.1, 0.15) is 5.82 Å². The first kappa shape index (κ1) is 12.4. The van der Waals surface area contributed by atoms with E-state index in [2.05, 4.69) is 20.9 Å². The lowest BCUT2D eigenvalue weighted by molar-refractivity contribution is 0.627. The Hall–Kier alpha value is -1.59. The Labute approximate surface area is 121 Å². The van der Waals surface area contributed by atoms with Gasteiger partial charge in [0.15, 0.2) is 0 Å². The fourth-order valence-corrected chi connectivity index (χ4v) is 2.58. The summed E-state index contributed by atoms with van der Waals surface area (Å²) in [6, 6.07) is 9.85. The van der Waals surface area contributed by atoms with Crippen LogP contribution >= 0.6 is 27.5 Å². The second-order valence-corrected chi connectivity index (χ2v) is 5.42. The molecule has 0 saturated carbocycles. The van der Waals surface area contributed by atoms with Gasteiger partial charge >= 0.3 is 0 Å². The largest absolute Gasteiger partial charge is 0.369 e. The molecule has 0 aliphatic rings. The molecule has 0 spiro atoms. The molecular weight excluding hydrogens is 333 g/mol. The molecule has 3 aromatic rings. The summed E-state index contributed by atoms with van der Waals surface area (Å²) in [5.74, 6) is -0.129. The molecule has 0 aliphatic heterocycles. The van der Waals surface area contributed by atoms with Crippen LogP contribution in [0.1, 0.15) is 0 Å². The van der Waals surface area contributed by atoms with Gasteiger partial charge in [0.05, 0.1) is 16.7 Å². The molecule has 0 amide bonds. The van der Waals surface area contributed by atoms with Gasteiger partial charge < -0.3 is 5.73 Å². The number of anilines is 1. The van der Waals surface area contributed by atoms with Gasteiger partial charge in [-0.15, -0.1) is 0 Å². The van der Waals surface area contributed by atoms with E-state index in [1.165, 1.54) is 12.1 Å². The Kier molecular flexibility index (Phi) is 2.95. The molecule has 3 nitrogen and oxygen atoms in total. The summed E-state index contributed by atoms with van der Waals surface area (Å²) in [5, 5.41) is 0.313. The second kappa shape index (κ2) is 4.51. The Balaban J connectivity index is 2.32. The highest BCUT2D eigenvalue weighted by Crippen LogP contribution is 2.27. The quantitative estimate of drug-likeness (QED) is 0.723. The van der Waals surface area contributed by atoms with Crippen LogP contribution in [-0.2, 0) is 0 Å². The van der Waals surface area contributed by atoms with Crippen LogP contribution in [0, 0.1) is 5.82 Å². The maximum Gasteiger partial charge on any atom is 0.205 e. The molecule has 1 aromatic heterocycles. The molecule has 0 aliphatic carbocycles. The van der Waals surface area contributed by atoms with Crippen LogP contribution in [0.4, 0.5) is 10.3 Å². The van der Waals surface area contributed by atoms with Crippen molar-refractivity contribution in [1.29, 1.82) is 0 Å². The molecule has 2 N–H and O–H groups in total. The van der Waals surface area contributed by atoms with E-state index in [4.69, 9.17) is 17.3 Å². The van der Waals surface area contributed by atoms with Crippen LogP contribution in [0.5, 0.6) is 0 Å². The van der Waals surface area contributed by atoms with Gasteiger partial charge in [0.25, 0.3) is 0 Å². The normalized spacial score (nSPS) is 11.1. The number of hydrogen-bond acceptors (Lipinski definition) is 2. The summed E-state index contributed by atoms with van der Waals surface area (Å²) in [4.78, 5) is 4.25. The fraction of sp³-hybridized carbons (Fsp3) is 0. The van der Waals surface area contributed by atoms with E-state index in [9.17, 15) is 4.39 Å². The monoisotopic (exact) mass is 339 g/mol. The van der Waals surface area contributed by atoms with Crippen molar-refractivity contribution < 1.29 is 4.39 Å². The number of benzene rings is 2. The second-order valence-electron chi connectivity index (χ2n) is 4.07. The molecule has 0 atom stereocenters. The fourth-order valence-electron chi connectivity index (χ4n) is 2.01. The van der Waals surface area contributed by atoms with Gasteiger partial charge in [0, 0.05) is 9.50 Å². The van der Waals surface area contributed by atoms with E-state index in [-0.39, 0.29) is 5.95 Å². The minimum Gasteiger partial charge on any atom is -0.369 e. The lowest BCUT2D eigenvalue weighted by atomic mass is 10.2. The zero-order valence-corrected chi connectivity index (χ0v) is 11.9. The summed E-state index contributed by atoms with van der Waals surface area (Å²) >= 11 is 9.25. The minimum absolute atomic E-state index is 0.287. The lowest BCUT2D eigenvalue weighted by Gasteiger charge is -2.07. The third-order valence-electron chi connectivity index (χ3n) is 2.75. The van der Waals surface area contributed by atoms with Crippen molar-refractivity contribution in [3.63, 3.8) is 0 Å². The van der Waals surface area contributed by atoms with Crippen molar-refractivity contribution in [2.75, 3.05) is 5.73 Å². The average Bonchev–Trinajstić information content (AvgIpc) is 2.62. The van der Waals surface area contributed by atoms with E-state index in [1.807, 2.05) is 18.2 Å². The molecule has 6 heteroatoms. The van der Waals surface area contributed by atoms with Crippen LogP contribution in [0.25, 0.3) is 16.7 Å². The minimum atomic E-state index is -0.416. The first-order chi connectivity index (χ1) is 9.04. The molecule has 0 saturated heterocycles. The van der Waals surface area contributed by atoms with Gasteiger partial charge in [-0.1, -0.05) is 27.5 Å². The van der Waals surface area contributed by atoms with Crippen LogP contribution in [0.3, 0.4) is 0 Å². The zero-order valence-electron chi connectivity index (χ0n) is 9.57. The molecule has 1 heterocycles. The van der Waals surface area contributed by atoms with Gasteiger partial charge in [0.2, 0.25) is 5.95 Å². The van der Waals surface area contributed by atoms with Crippen LogP contribution in [-0.4, -0.2) is 9.55 Å². The average molecular weight is 341 g/mol. The Bertz CT molecular complexity index is 765. The maximum absolute atomic E-state index is 13.4. The molecule has 0 fully saturated rings. The molecule has 3 rings (SSSR count). The predicted octanol–water partition coefficient (Wildman–Crippen LogP) is 4.16. The summed E-state index contributed by atoms with van der Waals surface area (Å²) in [7, 11) is 0. The van der Waals surface area contributed by atoms with Crippen molar-refractivity contribution in [3.8, 4) is 5.69 Å². The maximum atomic E-state index is 13.4. The molecule has 96 valence electrons. The number of nitrogens with zero attached hydrogens (tertiary/aromatic N) is 2. The predicted molar refractivity (Wildman–Crippen MR) is 78.2 cm³/mol. The van der Waals surface area contributed by atoms with Crippen molar-refractivity contribution in [2.45, 2.75) is 0 Å². The van der Waals surface area contributed by atoms with Crippen molar-refractivity contribution in [1.82, 2.24) is 9.55 Å². The van der Waals surface area contributed by atoms with Crippen molar-refractivity contribution in [3.05, 3.63) is 51.7 Å². The number of hydrogen-bond donors (Lipinski definition) is 1. The Morgan fingerprint density at radius 1 is 1.21 bits per heavy atom. The van der Waals surface area contributed by atoms with E-state index < -0.39 is 5.82 Å². The van der Waals surface area contributed by atoms with Crippen molar-refractivity contribution in [2.24, 2.45) is 0 Å². The molecular formula is C13H8BrClFN3. The third-order valence-corrected chi connectivity index (χ3v) is 3.46. The number of fused-ring (bicyclic) bond motifs is 1. The first-order valence-corrected chi connectivity index (χ1v) is 6.61. The highest BCUT2D eigenvalue weighted by atomic mass is 79.9. The highest BCUT2D eigenvalue weighted by molar-refractivity contribution is 9.10. The number of imidazole rings is 1. The molecule has 19 heavy (non-hydrogen) atoms. The summed E-state index contributed by atoms with van der Waals surface area (Å²) < 4.78 is 16.0. The molecule has 0 radical (unpaired) electrons. The van der Waals surface area contributed by atoms with Gasteiger partial charge in [-0.3, -0.25) is 4.57 Å². The van der Waals surface area contributed by atoms with Crippen molar-refractivity contribution >= 4 is 44.5 Å². The number of aromatic nitrogens is 2. The van der Waals surface area contributed by atoms with E-state index in [1.54, 1.807) is 10.6 Å². The number of nitrogen functional groups attached to an aromatic ring is 1. The lowest BCUT2D eigenvalue weighted by Crippen LogP contribution is -2.01. The SMILES string of the molecule is Nc1nc2cc(Br)ccc2n1-c1cc(F)cc(Cl)c1. The van der Waals surface area contributed by atoms with Crippen LogP contribution in [0.15, 0.2) is 40.9 Å². The van der Waals surface area contributed by atoms with Crippen LogP contribution < -0.4 is 5.73 Å². The van der Waals surface area contributed by atoms with E-state index in [0.29, 0.717) is 10.7 Å². The Morgan fingerprint density at radius 2 is 2.00 bits per heavy atom. The number of halogens is 3. The summed E-state index contributed by atoms with van der Waals surface area (Å²) in [5.41, 5.74) is 7.98. The highest BCUT2D eigenvalue weighted by Gasteiger charge is 2.11. The molecule has 2 aromatic carbocycles. The molecule has 0 unspecified atom stereocenters. The molecule has 0 bridgehead atoms. The smallest absolute Gasteiger partial charge is 0.205 e. The Morgan fingerprint density at radius 3 is 2.74 bits per heavy atom. The van der Waals surface area contributed by atoms with E-state index in [0.717, 1.165) is 15.5 Å². The summed E-state index contributed by atoms with van der Waals surface area (Å²) in [6.45, 7) is 0. The van der Waals surface area contributed by atoms with E-state index >= 15 is 0 Å². The number of nitrogens with two attached hydrogens (primary N) is 1. The standard InChI is InChI=1S/C13H8BrClFN3/c14-7-1-2-12-11(3-7)18-13(17)19(12)10-5-8(15)4-9(16)6-10/h1-6H,(H2,17,18). The first-order valence-electron chi connectivity index (χ1n) is 5.44. The summed E-state index contributed by atoms with van der Waals surface area (Å²) in [6.07, 6.45) is 0.